The predicted molar refractivity (Wildman–Crippen MR) is 83.4 cm³/mol. The van der Waals surface area contributed by atoms with E-state index in [1.165, 1.54) is 6.07 Å². The molecule has 0 amide bonds. The molecule has 106 valence electrons. The fourth-order valence-electron chi connectivity index (χ4n) is 2.10. The van der Waals surface area contributed by atoms with Crippen LogP contribution in [0.1, 0.15) is 18.1 Å². The van der Waals surface area contributed by atoms with Crippen LogP contribution in [0.3, 0.4) is 0 Å². The van der Waals surface area contributed by atoms with E-state index < -0.39 is 6.10 Å². The number of nitrogens with zero attached hydrogens (tertiary/aromatic N) is 1. The van der Waals surface area contributed by atoms with Gasteiger partial charge in [-0.05, 0) is 30.2 Å². The first-order chi connectivity index (χ1) is 9.59. The molecule has 0 aromatic heterocycles. The molecule has 0 fully saturated rings. The zero-order chi connectivity index (χ0) is 14.5. The van der Waals surface area contributed by atoms with Crippen molar-refractivity contribution in [3.63, 3.8) is 0 Å². The Morgan fingerprint density at radius 2 is 1.80 bits per heavy atom. The fraction of sp³-hybridized carbons (Fsp3) is 0.250. The standard InChI is InChI=1S/C16H17BrFNO/c1-19(15-9-5-4-8-14(15)18)11-10-16(20)12-6-2-3-7-13(12)17/h2-9,16,20H,10-11H2,1H3. The molecule has 2 aromatic rings. The van der Waals surface area contributed by atoms with E-state index in [2.05, 4.69) is 15.9 Å². The number of hydrogen-bond donors (Lipinski definition) is 1. The maximum absolute atomic E-state index is 13.6. The Labute approximate surface area is 127 Å². The van der Waals surface area contributed by atoms with Gasteiger partial charge in [-0.1, -0.05) is 46.3 Å². The molecule has 2 rings (SSSR count). The van der Waals surface area contributed by atoms with E-state index in [4.69, 9.17) is 0 Å². The Morgan fingerprint density at radius 1 is 1.15 bits per heavy atom. The maximum atomic E-state index is 13.6. The van der Waals surface area contributed by atoms with Crippen LogP contribution in [0.4, 0.5) is 10.1 Å². The van der Waals surface area contributed by atoms with Crippen LogP contribution in [0.5, 0.6) is 0 Å². The van der Waals surface area contributed by atoms with Crippen LogP contribution in [-0.2, 0) is 0 Å². The van der Waals surface area contributed by atoms with E-state index in [1.807, 2.05) is 36.2 Å². The first-order valence-electron chi connectivity index (χ1n) is 6.47. The minimum absolute atomic E-state index is 0.245. The molecule has 0 heterocycles. The second kappa shape index (κ2) is 6.86. The van der Waals surface area contributed by atoms with Crippen molar-refractivity contribution in [1.29, 1.82) is 0 Å². The van der Waals surface area contributed by atoms with Crippen molar-refractivity contribution in [2.24, 2.45) is 0 Å². The molecule has 1 N–H and O–H groups in total. The molecule has 2 aromatic carbocycles. The highest BCUT2D eigenvalue weighted by Crippen LogP contribution is 2.26. The third-order valence-electron chi connectivity index (χ3n) is 3.27. The van der Waals surface area contributed by atoms with Crippen LogP contribution in [0.25, 0.3) is 0 Å². The van der Waals surface area contributed by atoms with E-state index >= 15 is 0 Å². The van der Waals surface area contributed by atoms with Gasteiger partial charge in [-0.3, -0.25) is 0 Å². The molecule has 2 nitrogen and oxygen atoms in total. The van der Waals surface area contributed by atoms with E-state index in [9.17, 15) is 9.50 Å². The zero-order valence-electron chi connectivity index (χ0n) is 11.3. The SMILES string of the molecule is CN(CCC(O)c1ccccc1Br)c1ccccc1F. The van der Waals surface area contributed by atoms with Crippen molar-refractivity contribution in [1.82, 2.24) is 0 Å². The molecule has 0 aliphatic heterocycles. The van der Waals surface area contributed by atoms with Gasteiger partial charge < -0.3 is 10.0 Å². The van der Waals surface area contributed by atoms with Crippen LogP contribution < -0.4 is 4.90 Å². The molecule has 0 aliphatic rings. The minimum atomic E-state index is -0.570. The molecular weight excluding hydrogens is 321 g/mol. The van der Waals surface area contributed by atoms with Gasteiger partial charge in [0.25, 0.3) is 0 Å². The lowest BCUT2D eigenvalue weighted by molar-refractivity contribution is 0.169. The van der Waals surface area contributed by atoms with Crippen LogP contribution in [-0.4, -0.2) is 18.7 Å². The monoisotopic (exact) mass is 337 g/mol. The van der Waals surface area contributed by atoms with Crippen molar-refractivity contribution in [3.8, 4) is 0 Å². The average Bonchev–Trinajstić information content (AvgIpc) is 2.45. The third kappa shape index (κ3) is 3.58. The Kier molecular flexibility index (Phi) is 5.15. The summed E-state index contributed by atoms with van der Waals surface area (Å²) in [6.07, 6.45) is -0.0345. The van der Waals surface area contributed by atoms with Crippen LogP contribution in [0.2, 0.25) is 0 Å². The first-order valence-corrected chi connectivity index (χ1v) is 7.27. The zero-order valence-corrected chi connectivity index (χ0v) is 12.8. The van der Waals surface area contributed by atoms with E-state index in [0.717, 1.165) is 10.0 Å². The molecule has 4 heteroatoms. The van der Waals surface area contributed by atoms with Gasteiger partial charge in [0.15, 0.2) is 0 Å². The van der Waals surface area contributed by atoms with Gasteiger partial charge in [0.2, 0.25) is 0 Å². The number of halogens is 2. The Bertz CT molecular complexity index is 524. The number of benzene rings is 2. The van der Waals surface area contributed by atoms with Gasteiger partial charge in [0, 0.05) is 18.1 Å². The van der Waals surface area contributed by atoms with Gasteiger partial charge in [-0.15, -0.1) is 0 Å². The van der Waals surface area contributed by atoms with Crippen molar-refractivity contribution < 1.29 is 9.50 Å². The summed E-state index contributed by atoms with van der Waals surface area (Å²) in [5.74, 6) is -0.245. The highest BCUT2D eigenvalue weighted by molar-refractivity contribution is 9.10. The number of rotatable bonds is 5. The number of hydrogen-bond acceptors (Lipinski definition) is 2. The Hall–Kier alpha value is -1.39. The molecule has 20 heavy (non-hydrogen) atoms. The minimum Gasteiger partial charge on any atom is -0.388 e. The van der Waals surface area contributed by atoms with Gasteiger partial charge in [0.1, 0.15) is 5.82 Å². The fourth-order valence-corrected chi connectivity index (χ4v) is 2.65. The lowest BCUT2D eigenvalue weighted by atomic mass is 10.1. The molecule has 0 bridgehead atoms. The van der Waals surface area contributed by atoms with Crippen molar-refractivity contribution in [2.75, 3.05) is 18.5 Å². The smallest absolute Gasteiger partial charge is 0.146 e. The summed E-state index contributed by atoms with van der Waals surface area (Å²) >= 11 is 3.43. The molecule has 0 aliphatic carbocycles. The van der Waals surface area contributed by atoms with Crippen LogP contribution >= 0.6 is 15.9 Å². The van der Waals surface area contributed by atoms with E-state index in [0.29, 0.717) is 18.7 Å². The van der Waals surface area contributed by atoms with E-state index in [1.54, 1.807) is 18.2 Å². The van der Waals surface area contributed by atoms with Crippen molar-refractivity contribution in [3.05, 3.63) is 64.4 Å². The van der Waals surface area contributed by atoms with E-state index in [-0.39, 0.29) is 5.82 Å². The molecule has 0 spiro atoms. The second-order valence-corrected chi connectivity index (χ2v) is 5.55. The Balaban J connectivity index is 1.99. The topological polar surface area (TPSA) is 23.5 Å². The average molecular weight is 338 g/mol. The van der Waals surface area contributed by atoms with Gasteiger partial charge >= 0.3 is 0 Å². The molecule has 0 radical (unpaired) electrons. The summed E-state index contributed by atoms with van der Waals surface area (Å²) < 4.78 is 14.5. The third-order valence-corrected chi connectivity index (χ3v) is 3.99. The first kappa shape index (κ1) is 15.0. The quantitative estimate of drug-likeness (QED) is 0.885. The second-order valence-electron chi connectivity index (χ2n) is 4.70. The molecule has 0 saturated heterocycles. The summed E-state index contributed by atoms with van der Waals surface area (Å²) in [7, 11) is 1.82. The summed E-state index contributed by atoms with van der Waals surface area (Å²) in [5.41, 5.74) is 1.40. The largest absolute Gasteiger partial charge is 0.388 e. The van der Waals surface area contributed by atoms with Crippen molar-refractivity contribution in [2.45, 2.75) is 12.5 Å². The summed E-state index contributed by atoms with van der Waals surface area (Å²) in [6.45, 7) is 0.573. The molecule has 1 unspecified atom stereocenters. The van der Waals surface area contributed by atoms with Crippen LogP contribution in [0.15, 0.2) is 53.0 Å². The van der Waals surface area contributed by atoms with Crippen LogP contribution in [0, 0.1) is 5.82 Å². The normalized spacial score (nSPS) is 12.2. The number of aliphatic hydroxyl groups excluding tert-OH is 1. The van der Waals surface area contributed by atoms with Gasteiger partial charge in [-0.2, -0.15) is 0 Å². The summed E-state index contributed by atoms with van der Waals surface area (Å²) in [6, 6.07) is 14.2. The molecule has 0 saturated carbocycles. The highest BCUT2D eigenvalue weighted by Gasteiger charge is 2.13. The van der Waals surface area contributed by atoms with Gasteiger partial charge in [-0.25, -0.2) is 4.39 Å². The summed E-state index contributed by atoms with van der Waals surface area (Å²) in [5, 5.41) is 10.2. The highest BCUT2D eigenvalue weighted by atomic mass is 79.9. The predicted octanol–water partition coefficient (Wildman–Crippen LogP) is 4.15. The summed E-state index contributed by atoms with van der Waals surface area (Å²) in [4.78, 5) is 1.81. The molecular formula is C16H17BrFNO. The number of aliphatic hydroxyl groups is 1. The number of para-hydroxylation sites is 1. The van der Waals surface area contributed by atoms with Crippen molar-refractivity contribution >= 4 is 21.6 Å². The molecule has 1 atom stereocenters. The lowest BCUT2D eigenvalue weighted by Crippen LogP contribution is -2.21. The van der Waals surface area contributed by atoms with Gasteiger partial charge in [0.05, 0.1) is 11.8 Å². The lowest BCUT2D eigenvalue weighted by Gasteiger charge is -2.22. The number of anilines is 1. The Morgan fingerprint density at radius 3 is 2.50 bits per heavy atom. The maximum Gasteiger partial charge on any atom is 0.146 e.